The quantitative estimate of drug-likeness (QED) is 0.848. The summed E-state index contributed by atoms with van der Waals surface area (Å²) in [6.45, 7) is 1.56. The molecule has 4 rings (SSSR count). The highest BCUT2D eigenvalue weighted by Gasteiger charge is 2.37. The molecule has 4 atom stereocenters. The standard InChI is InChI=1S/C18H26N6O.ClH/c1-23-12-13(9-21-23)14-10-19-11-15(14)18(25)22-16-5-2-3-6-17(16)24-8-4-7-20-24;/h4,7-9,12,14-17,19H,2-3,5-6,10-11H2,1H3,(H,22,25);1H/t14-,15+,16?,17?;/m1./s1. The average molecular weight is 379 g/mol. The molecule has 1 aliphatic heterocycles. The van der Waals surface area contributed by atoms with Gasteiger partial charge in [-0.3, -0.25) is 14.2 Å². The van der Waals surface area contributed by atoms with Crippen LogP contribution in [0.2, 0.25) is 0 Å². The van der Waals surface area contributed by atoms with Crippen LogP contribution in [0.1, 0.15) is 43.2 Å². The molecule has 0 radical (unpaired) electrons. The van der Waals surface area contributed by atoms with E-state index in [0.29, 0.717) is 0 Å². The monoisotopic (exact) mass is 378 g/mol. The summed E-state index contributed by atoms with van der Waals surface area (Å²) in [5.41, 5.74) is 1.14. The molecule has 3 heterocycles. The molecule has 1 amide bonds. The second kappa shape index (κ2) is 8.22. The summed E-state index contributed by atoms with van der Waals surface area (Å²) in [5.74, 6) is 0.313. The zero-order valence-electron chi connectivity index (χ0n) is 15.0. The second-order valence-electron chi connectivity index (χ2n) is 7.27. The second-order valence-corrected chi connectivity index (χ2v) is 7.27. The van der Waals surface area contributed by atoms with Crippen molar-refractivity contribution in [2.45, 2.75) is 43.7 Å². The molecule has 2 fully saturated rings. The molecule has 1 saturated carbocycles. The Hall–Kier alpha value is -1.86. The minimum absolute atomic E-state index is 0. The zero-order chi connectivity index (χ0) is 17.2. The molecule has 0 aromatic carbocycles. The van der Waals surface area contributed by atoms with E-state index in [1.54, 1.807) is 4.68 Å². The van der Waals surface area contributed by atoms with Gasteiger partial charge in [0.25, 0.3) is 0 Å². The van der Waals surface area contributed by atoms with Crippen LogP contribution in [0.25, 0.3) is 0 Å². The first-order valence-electron chi connectivity index (χ1n) is 9.21. The van der Waals surface area contributed by atoms with Gasteiger partial charge in [0.2, 0.25) is 5.91 Å². The maximum atomic E-state index is 13.0. The largest absolute Gasteiger partial charge is 0.351 e. The predicted molar refractivity (Wildman–Crippen MR) is 101 cm³/mol. The van der Waals surface area contributed by atoms with Gasteiger partial charge in [-0.2, -0.15) is 10.2 Å². The SMILES string of the molecule is Cl.Cn1cc([C@H]2CNC[C@@H]2C(=O)NC2CCCCC2n2cccn2)cn1. The van der Waals surface area contributed by atoms with E-state index in [4.69, 9.17) is 0 Å². The minimum Gasteiger partial charge on any atom is -0.351 e. The van der Waals surface area contributed by atoms with Crippen LogP contribution in [0.3, 0.4) is 0 Å². The molecular weight excluding hydrogens is 352 g/mol. The van der Waals surface area contributed by atoms with Crippen molar-refractivity contribution in [1.82, 2.24) is 30.2 Å². The van der Waals surface area contributed by atoms with E-state index in [9.17, 15) is 4.79 Å². The highest BCUT2D eigenvalue weighted by Crippen LogP contribution is 2.31. The van der Waals surface area contributed by atoms with Crippen LogP contribution >= 0.6 is 12.4 Å². The van der Waals surface area contributed by atoms with Gasteiger partial charge in [-0.05, 0) is 24.5 Å². The lowest BCUT2D eigenvalue weighted by Crippen LogP contribution is -2.46. The number of nitrogens with one attached hydrogen (secondary N) is 2. The van der Waals surface area contributed by atoms with E-state index in [0.717, 1.165) is 37.9 Å². The van der Waals surface area contributed by atoms with Crippen molar-refractivity contribution >= 4 is 18.3 Å². The maximum Gasteiger partial charge on any atom is 0.225 e. The fourth-order valence-corrected chi connectivity index (χ4v) is 4.30. The Morgan fingerprint density at radius 3 is 2.85 bits per heavy atom. The Kier molecular flexibility index (Phi) is 5.98. The summed E-state index contributed by atoms with van der Waals surface area (Å²) < 4.78 is 3.81. The number of carbonyl (C=O) groups excluding carboxylic acids is 1. The summed E-state index contributed by atoms with van der Waals surface area (Å²) in [5, 5.41) is 15.4. The molecular formula is C18H27ClN6O. The lowest BCUT2D eigenvalue weighted by Gasteiger charge is -2.33. The highest BCUT2D eigenvalue weighted by atomic mass is 35.5. The Bertz CT molecular complexity index is 715. The molecule has 2 aromatic heterocycles. The van der Waals surface area contributed by atoms with Gasteiger partial charge in [-0.1, -0.05) is 12.8 Å². The summed E-state index contributed by atoms with van der Waals surface area (Å²) in [6, 6.07) is 2.38. The Balaban J connectivity index is 0.00000196. The summed E-state index contributed by atoms with van der Waals surface area (Å²) in [6.07, 6.45) is 12.2. The summed E-state index contributed by atoms with van der Waals surface area (Å²) in [4.78, 5) is 13.0. The number of hydrogen-bond acceptors (Lipinski definition) is 4. The molecule has 8 heteroatoms. The van der Waals surface area contributed by atoms with E-state index in [-0.39, 0.29) is 42.2 Å². The van der Waals surface area contributed by atoms with Crippen molar-refractivity contribution in [2.75, 3.05) is 13.1 Å². The molecule has 2 aromatic rings. The number of hydrogen-bond donors (Lipinski definition) is 2. The first kappa shape index (κ1) is 18.9. The Morgan fingerprint density at radius 2 is 2.12 bits per heavy atom. The third-order valence-electron chi connectivity index (χ3n) is 5.63. The van der Waals surface area contributed by atoms with Crippen LogP contribution in [-0.4, -0.2) is 44.6 Å². The van der Waals surface area contributed by atoms with Crippen molar-refractivity contribution < 1.29 is 4.79 Å². The fourth-order valence-electron chi connectivity index (χ4n) is 4.30. The highest BCUT2D eigenvalue weighted by molar-refractivity contribution is 5.85. The predicted octanol–water partition coefficient (Wildman–Crippen LogP) is 1.64. The molecule has 1 aliphatic carbocycles. The zero-order valence-corrected chi connectivity index (χ0v) is 15.9. The molecule has 7 nitrogen and oxygen atoms in total. The molecule has 1 saturated heterocycles. The normalized spacial score (nSPS) is 28.5. The Morgan fingerprint density at radius 1 is 1.27 bits per heavy atom. The van der Waals surface area contributed by atoms with Gasteiger partial charge in [0.1, 0.15) is 0 Å². The van der Waals surface area contributed by atoms with Gasteiger partial charge < -0.3 is 10.6 Å². The van der Waals surface area contributed by atoms with Crippen molar-refractivity contribution in [3.63, 3.8) is 0 Å². The topological polar surface area (TPSA) is 76.8 Å². The van der Waals surface area contributed by atoms with Crippen LogP contribution in [0, 0.1) is 5.92 Å². The third-order valence-corrected chi connectivity index (χ3v) is 5.63. The van der Waals surface area contributed by atoms with E-state index < -0.39 is 0 Å². The van der Waals surface area contributed by atoms with Gasteiger partial charge in [0.05, 0.1) is 24.2 Å². The van der Waals surface area contributed by atoms with Gasteiger partial charge in [0.15, 0.2) is 0 Å². The number of halogens is 1. The van der Waals surface area contributed by atoms with Gasteiger partial charge in [-0.15, -0.1) is 12.4 Å². The third kappa shape index (κ3) is 3.78. The first-order valence-corrected chi connectivity index (χ1v) is 9.21. The summed E-state index contributed by atoms with van der Waals surface area (Å²) >= 11 is 0. The molecule has 2 aliphatic rings. The van der Waals surface area contributed by atoms with Crippen molar-refractivity contribution in [3.05, 3.63) is 36.4 Å². The van der Waals surface area contributed by atoms with Crippen LogP contribution in [0.4, 0.5) is 0 Å². The van der Waals surface area contributed by atoms with Crippen molar-refractivity contribution in [3.8, 4) is 0 Å². The number of amides is 1. The number of nitrogens with zero attached hydrogens (tertiary/aromatic N) is 4. The maximum absolute atomic E-state index is 13.0. The fraction of sp³-hybridized carbons (Fsp3) is 0.611. The van der Waals surface area contributed by atoms with E-state index in [1.165, 1.54) is 6.42 Å². The van der Waals surface area contributed by atoms with Crippen molar-refractivity contribution in [1.29, 1.82) is 0 Å². The molecule has 0 bridgehead atoms. The van der Waals surface area contributed by atoms with Crippen LogP contribution < -0.4 is 10.6 Å². The number of carbonyl (C=O) groups is 1. The van der Waals surface area contributed by atoms with Gasteiger partial charge in [0, 0.05) is 44.6 Å². The first-order chi connectivity index (χ1) is 12.2. The van der Waals surface area contributed by atoms with Crippen LogP contribution in [0.15, 0.2) is 30.9 Å². The molecule has 2 N–H and O–H groups in total. The van der Waals surface area contributed by atoms with E-state index in [1.807, 2.05) is 42.6 Å². The number of aromatic nitrogens is 4. The van der Waals surface area contributed by atoms with E-state index >= 15 is 0 Å². The van der Waals surface area contributed by atoms with Crippen molar-refractivity contribution in [2.24, 2.45) is 13.0 Å². The van der Waals surface area contributed by atoms with Crippen LogP contribution in [-0.2, 0) is 11.8 Å². The number of rotatable bonds is 4. The molecule has 142 valence electrons. The lowest BCUT2D eigenvalue weighted by molar-refractivity contribution is -0.126. The summed E-state index contributed by atoms with van der Waals surface area (Å²) in [7, 11) is 1.91. The molecule has 2 unspecified atom stereocenters. The van der Waals surface area contributed by atoms with Crippen LogP contribution in [0.5, 0.6) is 0 Å². The molecule has 0 spiro atoms. The molecule has 26 heavy (non-hydrogen) atoms. The smallest absolute Gasteiger partial charge is 0.225 e. The Labute approximate surface area is 159 Å². The van der Waals surface area contributed by atoms with Gasteiger partial charge >= 0.3 is 0 Å². The minimum atomic E-state index is -0.0376. The number of aryl methyl sites for hydroxylation is 1. The average Bonchev–Trinajstić information content (AvgIpc) is 3.36. The lowest BCUT2D eigenvalue weighted by atomic mass is 9.87. The van der Waals surface area contributed by atoms with E-state index in [2.05, 4.69) is 20.8 Å². The van der Waals surface area contributed by atoms with Gasteiger partial charge in [-0.25, -0.2) is 0 Å².